The van der Waals surface area contributed by atoms with Crippen LogP contribution in [0.15, 0.2) is 4.99 Å². The minimum Gasteiger partial charge on any atom is -0.297 e. The van der Waals surface area contributed by atoms with E-state index in [9.17, 15) is 0 Å². The molecule has 0 radical (unpaired) electrons. The number of alkyl halides is 1. The molecule has 2 heteroatoms. The van der Waals surface area contributed by atoms with Gasteiger partial charge in [0.05, 0.1) is 0 Å². The molecule has 0 aliphatic rings. The molecule has 0 saturated heterocycles. The minimum absolute atomic E-state index is 1.07. The third kappa shape index (κ3) is 3.02. The van der Waals surface area contributed by atoms with Crippen molar-refractivity contribution in [1.82, 2.24) is 0 Å². The molecule has 1 nitrogen and oxygen atoms in total. The highest BCUT2D eigenvalue weighted by molar-refractivity contribution is 14.1. The van der Waals surface area contributed by atoms with Gasteiger partial charge in [0.1, 0.15) is 0 Å². The molecule has 0 aromatic rings. The lowest BCUT2D eigenvalue weighted by Gasteiger charge is -1.90. The highest BCUT2D eigenvalue weighted by atomic mass is 127. The summed E-state index contributed by atoms with van der Waals surface area (Å²) in [4.78, 5) is 4.03. The molecule has 0 spiro atoms. The Morgan fingerprint density at radius 3 is 2.29 bits per heavy atom. The summed E-state index contributed by atoms with van der Waals surface area (Å²) in [5, 5.41) is 0. The predicted octanol–water partition coefficient (Wildman–Crippen LogP) is 1.90. The van der Waals surface area contributed by atoms with Crippen molar-refractivity contribution in [3.8, 4) is 0 Å². The molecule has 0 aromatic heterocycles. The minimum atomic E-state index is 1.07. The molecule has 0 aliphatic heterocycles. The number of hydrogen-bond acceptors (Lipinski definition) is 1. The van der Waals surface area contributed by atoms with Crippen molar-refractivity contribution in [3.05, 3.63) is 0 Å². The van der Waals surface area contributed by atoms with E-state index in [1.807, 2.05) is 7.05 Å². The quantitative estimate of drug-likeness (QED) is 0.375. The van der Waals surface area contributed by atoms with Crippen LogP contribution in [0.2, 0.25) is 0 Å². The van der Waals surface area contributed by atoms with Gasteiger partial charge in [-0.15, -0.1) is 0 Å². The van der Waals surface area contributed by atoms with Gasteiger partial charge in [-0.25, -0.2) is 0 Å². The Hall–Kier alpha value is 0.400. The normalized spacial score (nSPS) is 12.1. The first-order valence-electron chi connectivity index (χ1n) is 2.35. The van der Waals surface area contributed by atoms with E-state index in [2.05, 4.69) is 34.5 Å². The molecular formula is C5H10IN. The fourth-order valence-corrected chi connectivity index (χ4v) is 1.19. The molecule has 0 amide bonds. The third-order valence-corrected chi connectivity index (χ3v) is 1.76. The van der Waals surface area contributed by atoms with Gasteiger partial charge in [-0.1, -0.05) is 29.5 Å². The summed E-state index contributed by atoms with van der Waals surface area (Å²) in [5.41, 5.74) is 1.29. The first-order chi connectivity index (χ1) is 3.35. The molecule has 0 unspecified atom stereocenters. The summed E-state index contributed by atoms with van der Waals surface area (Å²) in [6.07, 6.45) is 1.10. The van der Waals surface area contributed by atoms with E-state index in [0.29, 0.717) is 0 Å². The van der Waals surface area contributed by atoms with Gasteiger partial charge < -0.3 is 0 Å². The van der Waals surface area contributed by atoms with Crippen molar-refractivity contribution in [2.75, 3.05) is 11.5 Å². The van der Waals surface area contributed by atoms with Crippen molar-refractivity contribution in [1.29, 1.82) is 0 Å². The van der Waals surface area contributed by atoms with Gasteiger partial charge in [0.15, 0.2) is 0 Å². The summed E-state index contributed by atoms with van der Waals surface area (Å²) >= 11 is 2.32. The monoisotopic (exact) mass is 211 g/mol. The number of nitrogens with zero attached hydrogens (tertiary/aromatic N) is 1. The number of rotatable bonds is 2. The fourth-order valence-electron chi connectivity index (χ4n) is 0.312. The summed E-state index contributed by atoms with van der Waals surface area (Å²) in [7, 11) is 1.84. The van der Waals surface area contributed by atoms with Gasteiger partial charge in [0, 0.05) is 17.2 Å². The maximum Gasteiger partial charge on any atom is 0.0376 e. The lowest BCUT2D eigenvalue weighted by atomic mass is 10.3. The summed E-state index contributed by atoms with van der Waals surface area (Å²) < 4.78 is 1.07. The fraction of sp³-hybridized carbons (Fsp3) is 0.800. The second kappa shape index (κ2) is 4.56. The van der Waals surface area contributed by atoms with E-state index in [-0.39, 0.29) is 0 Å². The van der Waals surface area contributed by atoms with Gasteiger partial charge in [0.2, 0.25) is 0 Å². The van der Waals surface area contributed by atoms with Gasteiger partial charge in [-0.3, -0.25) is 4.99 Å². The molecule has 0 N–H and O–H groups in total. The van der Waals surface area contributed by atoms with Crippen molar-refractivity contribution in [3.63, 3.8) is 0 Å². The Morgan fingerprint density at radius 1 is 1.71 bits per heavy atom. The maximum absolute atomic E-state index is 4.03. The van der Waals surface area contributed by atoms with Crippen molar-refractivity contribution in [2.45, 2.75) is 13.3 Å². The Morgan fingerprint density at radius 2 is 2.29 bits per heavy atom. The van der Waals surface area contributed by atoms with Gasteiger partial charge in [-0.2, -0.15) is 0 Å². The highest BCUT2D eigenvalue weighted by Gasteiger charge is 1.85. The van der Waals surface area contributed by atoms with Crippen LogP contribution in [0, 0.1) is 0 Å². The van der Waals surface area contributed by atoms with Crippen molar-refractivity contribution < 1.29 is 0 Å². The van der Waals surface area contributed by atoms with Crippen LogP contribution in [0.4, 0.5) is 0 Å². The largest absolute Gasteiger partial charge is 0.297 e. The molecule has 0 aromatic carbocycles. The Balaban J connectivity index is 3.38. The maximum atomic E-state index is 4.03. The van der Waals surface area contributed by atoms with E-state index in [1.165, 1.54) is 5.71 Å². The van der Waals surface area contributed by atoms with Gasteiger partial charge in [0.25, 0.3) is 0 Å². The van der Waals surface area contributed by atoms with Crippen LogP contribution in [0.25, 0.3) is 0 Å². The molecule has 0 fully saturated rings. The number of aliphatic imine (C=N–C) groups is 1. The molecular weight excluding hydrogens is 201 g/mol. The van der Waals surface area contributed by atoms with E-state index >= 15 is 0 Å². The van der Waals surface area contributed by atoms with Crippen LogP contribution < -0.4 is 0 Å². The van der Waals surface area contributed by atoms with Crippen LogP contribution in [0.5, 0.6) is 0 Å². The van der Waals surface area contributed by atoms with E-state index in [1.54, 1.807) is 0 Å². The second-order valence-electron chi connectivity index (χ2n) is 1.28. The first kappa shape index (κ1) is 7.40. The topological polar surface area (TPSA) is 12.4 Å². The Kier molecular flexibility index (Phi) is 4.82. The lowest BCUT2D eigenvalue weighted by Crippen LogP contribution is -1.94. The van der Waals surface area contributed by atoms with Crippen LogP contribution in [-0.2, 0) is 0 Å². The SMILES string of the molecule is CCC(CI)=NC. The molecule has 7 heavy (non-hydrogen) atoms. The highest BCUT2D eigenvalue weighted by Crippen LogP contribution is 1.89. The zero-order valence-corrected chi connectivity index (χ0v) is 6.90. The second-order valence-corrected chi connectivity index (χ2v) is 2.04. The summed E-state index contributed by atoms with van der Waals surface area (Å²) in [6, 6.07) is 0. The Labute approximate surface area is 58.4 Å². The average molecular weight is 211 g/mol. The zero-order valence-electron chi connectivity index (χ0n) is 4.74. The van der Waals surface area contributed by atoms with Crippen LogP contribution in [0.3, 0.4) is 0 Å². The number of halogens is 1. The van der Waals surface area contributed by atoms with Crippen molar-refractivity contribution >= 4 is 28.3 Å². The first-order valence-corrected chi connectivity index (χ1v) is 3.88. The molecule has 0 rings (SSSR count). The van der Waals surface area contributed by atoms with Crippen molar-refractivity contribution in [2.24, 2.45) is 4.99 Å². The zero-order chi connectivity index (χ0) is 5.70. The van der Waals surface area contributed by atoms with E-state index in [0.717, 1.165) is 10.8 Å². The van der Waals surface area contributed by atoms with Gasteiger partial charge in [-0.05, 0) is 6.42 Å². The molecule has 42 valence electrons. The van der Waals surface area contributed by atoms with Crippen LogP contribution >= 0.6 is 22.6 Å². The Bertz CT molecular complexity index is 62.5. The molecule has 0 heterocycles. The molecule has 0 saturated carbocycles. The molecule has 0 bridgehead atoms. The van der Waals surface area contributed by atoms with Gasteiger partial charge >= 0.3 is 0 Å². The van der Waals surface area contributed by atoms with E-state index < -0.39 is 0 Å². The predicted molar refractivity (Wildman–Crippen MR) is 42.5 cm³/mol. The standard InChI is InChI=1S/C5H10IN/c1-3-5(4-6)7-2/h3-4H2,1-2H3. The van der Waals surface area contributed by atoms with Crippen LogP contribution in [-0.4, -0.2) is 17.2 Å². The lowest BCUT2D eigenvalue weighted by molar-refractivity contribution is 1.24. The smallest absolute Gasteiger partial charge is 0.0376 e. The number of hydrogen-bond donors (Lipinski definition) is 0. The molecule has 0 atom stereocenters. The third-order valence-electron chi connectivity index (χ3n) is 0.879. The summed E-state index contributed by atoms with van der Waals surface area (Å²) in [6.45, 7) is 2.13. The molecule has 0 aliphatic carbocycles. The summed E-state index contributed by atoms with van der Waals surface area (Å²) in [5.74, 6) is 0. The van der Waals surface area contributed by atoms with E-state index in [4.69, 9.17) is 0 Å². The average Bonchev–Trinajstić information content (AvgIpc) is 1.72. The van der Waals surface area contributed by atoms with Crippen LogP contribution in [0.1, 0.15) is 13.3 Å².